The van der Waals surface area contributed by atoms with Crippen molar-refractivity contribution in [2.24, 2.45) is 11.7 Å². The highest BCUT2D eigenvalue weighted by atomic mass is 35.5. The van der Waals surface area contributed by atoms with E-state index in [1.165, 1.54) is 11.1 Å². The van der Waals surface area contributed by atoms with Gasteiger partial charge in [-0.2, -0.15) is 0 Å². The molecular formula is C31H31Cl2N3O3. The summed E-state index contributed by atoms with van der Waals surface area (Å²) in [6.07, 6.45) is 2.01. The largest absolute Gasteiger partial charge is 0.448 e. The molecular weight excluding hydrogens is 533 g/mol. The highest BCUT2D eigenvalue weighted by Crippen LogP contribution is 2.44. The van der Waals surface area contributed by atoms with Crippen molar-refractivity contribution in [3.8, 4) is 11.1 Å². The topological polar surface area (TPSA) is 75.9 Å². The zero-order valence-electron chi connectivity index (χ0n) is 21.6. The lowest BCUT2D eigenvalue weighted by Gasteiger charge is -2.37. The Labute approximate surface area is 238 Å². The number of amides is 2. The van der Waals surface area contributed by atoms with Crippen molar-refractivity contribution in [2.75, 3.05) is 19.7 Å². The molecule has 1 heterocycles. The van der Waals surface area contributed by atoms with E-state index in [2.05, 4.69) is 24.3 Å². The predicted molar refractivity (Wildman–Crippen MR) is 153 cm³/mol. The van der Waals surface area contributed by atoms with Gasteiger partial charge in [-0.3, -0.25) is 4.79 Å². The summed E-state index contributed by atoms with van der Waals surface area (Å²) < 4.78 is 5.87. The molecule has 0 spiro atoms. The molecule has 3 aliphatic rings. The van der Waals surface area contributed by atoms with E-state index in [4.69, 9.17) is 33.7 Å². The van der Waals surface area contributed by atoms with Gasteiger partial charge in [0.1, 0.15) is 6.61 Å². The molecule has 2 N–H and O–H groups in total. The quantitative estimate of drug-likeness (QED) is 0.394. The first-order chi connectivity index (χ1) is 18.9. The van der Waals surface area contributed by atoms with Crippen LogP contribution in [0.1, 0.15) is 41.9 Å². The van der Waals surface area contributed by atoms with Gasteiger partial charge in [0.2, 0.25) is 5.91 Å². The van der Waals surface area contributed by atoms with E-state index in [9.17, 15) is 9.59 Å². The number of nitrogens with zero attached hydrogens (tertiary/aromatic N) is 2. The smallest absolute Gasteiger partial charge is 0.409 e. The maximum atomic E-state index is 13.8. The molecule has 6 rings (SSSR count). The van der Waals surface area contributed by atoms with Gasteiger partial charge in [-0.15, -0.1) is 0 Å². The lowest BCUT2D eigenvalue weighted by atomic mass is 9.93. The highest BCUT2D eigenvalue weighted by molar-refractivity contribution is 6.42. The van der Waals surface area contributed by atoms with E-state index in [1.54, 1.807) is 11.0 Å². The van der Waals surface area contributed by atoms with Crippen LogP contribution in [0, 0.1) is 5.92 Å². The molecule has 1 aliphatic heterocycles. The Kier molecular flexibility index (Phi) is 7.27. The number of piperidine rings is 1. The van der Waals surface area contributed by atoms with Crippen LogP contribution in [-0.4, -0.2) is 53.6 Å². The molecule has 2 fully saturated rings. The van der Waals surface area contributed by atoms with Crippen LogP contribution in [0.25, 0.3) is 11.1 Å². The Hall–Kier alpha value is -3.06. The number of carbonyl (C=O) groups excluding carboxylic acids is 2. The molecule has 2 atom stereocenters. The molecule has 0 bridgehead atoms. The number of nitrogens with two attached hydrogens (primary N) is 1. The number of likely N-dealkylation sites (tertiary alicyclic amines) is 1. The van der Waals surface area contributed by atoms with E-state index in [1.807, 2.05) is 41.3 Å². The third kappa shape index (κ3) is 5.25. The van der Waals surface area contributed by atoms with Crippen LogP contribution < -0.4 is 5.73 Å². The van der Waals surface area contributed by atoms with Crippen LogP contribution in [0.5, 0.6) is 0 Å². The molecule has 6 nitrogen and oxygen atoms in total. The van der Waals surface area contributed by atoms with Crippen LogP contribution >= 0.6 is 23.2 Å². The van der Waals surface area contributed by atoms with Gasteiger partial charge < -0.3 is 20.3 Å². The lowest BCUT2D eigenvalue weighted by molar-refractivity contribution is -0.138. The average Bonchev–Trinajstić information content (AvgIpc) is 3.74. The molecule has 39 heavy (non-hydrogen) atoms. The number of rotatable bonds is 6. The van der Waals surface area contributed by atoms with Gasteiger partial charge in [0.25, 0.3) is 0 Å². The molecule has 0 radical (unpaired) electrons. The number of ether oxygens (including phenoxy) is 1. The molecule has 2 aliphatic carbocycles. The number of carbonyl (C=O) groups is 2. The van der Waals surface area contributed by atoms with Crippen molar-refractivity contribution >= 4 is 35.2 Å². The zero-order valence-corrected chi connectivity index (χ0v) is 23.1. The van der Waals surface area contributed by atoms with E-state index >= 15 is 0 Å². The van der Waals surface area contributed by atoms with Crippen molar-refractivity contribution in [3.63, 3.8) is 0 Å². The first kappa shape index (κ1) is 26.2. The second-order valence-corrected chi connectivity index (χ2v) is 11.6. The van der Waals surface area contributed by atoms with E-state index in [0.717, 1.165) is 29.5 Å². The van der Waals surface area contributed by atoms with Gasteiger partial charge in [-0.1, -0.05) is 83.9 Å². The first-order valence-electron chi connectivity index (χ1n) is 13.5. The number of hydrogen-bond donors (Lipinski definition) is 1. The SMILES string of the molecule is N[C@@H]1C[C@H](C(=O)N(Cc2cccc(Cl)c2Cl)C2CC2)CN(C(=O)OCC2c3ccccc3-c3ccccc32)C1. The number of hydrogen-bond acceptors (Lipinski definition) is 4. The summed E-state index contributed by atoms with van der Waals surface area (Å²) in [4.78, 5) is 30.5. The Morgan fingerprint density at radius 2 is 1.59 bits per heavy atom. The third-order valence-corrected chi connectivity index (χ3v) is 8.93. The fourth-order valence-corrected chi connectivity index (χ4v) is 6.39. The van der Waals surface area contributed by atoms with Crippen LogP contribution in [0.3, 0.4) is 0 Å². The van der Waals surface area contributed by atoms with E-state index in [-0.39, 0.29) is 37.1 Å². The van der Waals surface area contributed by atoms with Gasteiger partial charge in [-0.25, -0.2) is 4.79 Å². The summed E-state index contributed by atoms with van der Waals surface area (Å²) in [5.41, 5.74) is 11.9. The van der Waals surface area contributed by atoms with Gasteiger partial charge in [0.15, 0.2) is 0 Å². The van der Waals surface area contributed by atoms with Crippen LogP contribution in [0.4, 0.5) is 4.79 Å². The second-order valence-electron chi connectivity index (χ2n) is 10.8. The van der Waals surface area contributed by atoms with Crippen molar-refractivity contribution in [1.82, 2.24) is 9.80 Å². The summed E-state index contributed by atoms with van der Waals surface area (Å²) in [6, 6.07) is 21.8. The Morgan fingerprint density at radius 1 is 0.923 bits per heavy atom. The monoisotopic (exact) mass is 563 g/mol. The molecule has 3 aromatic rings. The average molecular weight is 565 g/mol. The summed E-state index contributed by atoms with van der Waals surface area (Å²) in [5.74, 6) is -0.419. The van der Waals surface area contributed by atoms with Crippen molar-refractivity contribution in [3.05, 3.63) is 93.5 Å². The third-order valence-electron chi connectivity index (χ3n) is 8.07. The minimum atomic E-state index is -0.430. The fourth-order valence-electron chi connectivity index (χ4n) is 6.01. The molecule has 0 aromatic heterocycles. The molecule has 3 aromatic carbocycles. The number of halogens is 2. The maximum Gasteiger partial charge on any atom is 0.409 e. The van der Waals surface area contributed by atoms with Crippen LogP contribution in [0.15, 0.2) is 66.7 Å². The summed E-state index contributed by atoms with van der Waals surface area (Å²) in [6.45, 7) is 1.28. The van der Waals surface area contributed by atoms with E-state index in [0.29, 0.717) is 29.6 Å². The molecule has 0 unspecified atom stereocenters. The normalized spacial score (nSPS) is 20.3. The fraction of sp³-hybridized carbons (Fsp3) is 0.355. The Bertz CT molecular complexity index is 1360. The highest BCUT2D eigenvalue weighted by Gasteiger charge is 2.40. The summed E-state index contributed by atoms with van der Waals surface area (Å²) in [7, 11) is 0. The first-order valence-corrected chi connectivity index (χ1v) is 14.2. The lowest BCUT2D eigenvalue weighted by Crippen LogP contribution is -2.54. The summed E-state index contributed by atoms with van der Waals surface area (Å²) >= 11 is 12.6. The van der Waals surface area contributed by atoms with E-state index < -0.39 is 12.0 Å². The van der Waals surface area contributed by atoms with Gasteiger partial charge in [0.05, 0.1) is 16.0 Å². The van der Waals surface area contributed by atoms with Gasteiger partial charge in [0, 0.05) is 37.6 Å². The maximum absolute atomic E-state index is 13.8. The standard InChI is InChI=1S/C31H31Cl2N3O3/c32-28-11-5-6-19(29(28)33)16-36(22-12-13-22)30(37)20-14-21(34)17-35(15-20)31(38)39-18-27-25-9-3-1-7-23(25)24-8-2-4-10-26(24)27/h1-11,20-22,27H,12-18,34H2/t20-,21+/m0/s1. The zero-order chi connectivity index (χ0) is 27.1. The minimum absolute atomic E-state index is 0.000129. The number of fused-ring (bicyclic) bond motifs is 3. The van der Waals surface area contributed by atoms with Crippen molar-refractivity contribution < 1.29 is 14.3 Å². The van der Waals surface area contributed by atoms with Crippen molar-refractivity contribution in [2.45, 2.75) is 43.8 Å². The minimum Gasteiger partial charge on any atom is -0.448 e. The summed E-state index contributed by atoms with van der Waals surface area (Å²) in [5, 5.41) is 0.941. The molecule has 2 amide bonds. The van der Waals surface area contributed by atoms with Gasteiger partial charge >= 0.3 is 6.09 Å². The predicted octanol–water partition coefficient (Wildman–Crippen LogP) is 6.08. The second kappa shape index (κ2) is 10.8. The Balaban J connectivity index is 1.14. The Morgan fingerprint density at radius 3 is 2.26 bits per heavy atom. The van der Waals surface area contributed by atoms with Crippen LogP contribution in [-0.2, 0) is 16.1 Å². The van der Waals surface area contributed by atoms with Gasteiger partial charge in [-0.05, 0) is 53.1 Å². The molecule has 202 valence electrons. The van der Waals surface area contributed by atoms with Crippen molar-refractivity contribution in [1.29, 1.82) is 0 Å². The van der Waals surface area contributed by atoms with Crippen LogP contribution in [0.2, 0.25) is 10.0 Å². The molecule has 8 heteroatoms. The molecule has 1 saturated carbocycles. The number of benzene rings is 3. The molecule has 1 saturated heterocycles.